The van der Waals surface area contributed by atoms with E-state index >= 15 is 0 Å². The smallest absolute Gasteiger partial charge is 0.00489 e. The van der Waals surface area contributed by atoms with Crippen molar-refractivity contribution < 1.29 is 0 Å². The van der Waals surface area contributed by atoms with Gasteiger partial charge >= 0.3 is 0 Å². The Hall–Kier alpha value is -0.0800. The molecule has 0 aromatic heterocycles. The first kappa shape index (κ1) is 12.9. The van der Waals surface area contributed by atoms with Gasteiger partial charge < -0.3 is 10.6 Å². The lowest BCUT2D eigenvalue weighted by Crippen LogP contribution is -2.17. The summed E-state index contributed by atoms with van der Waals surface area (Å²) in [5.74, 6) is 0. The van der Waals surface area contributed by atoms with Crippen LogP contribution < -0.4 is 10.6 Å². The normalized spacial score (nSPS) is 10.6. The second-order valence-electron chi connectivity index (χ2n) is 3.47. The van der Waals surface area contributed by atoms with Crippen LogP contribution in [0.2, 0.25) is 0 Å². The van der Waals surface area contributed by atoms with Crippen LogP contribution in [-0.4, -0.2) is 26.7 Å². The van der Waals surface area contributed by atoms with Gasteiger partial charge in [0, 0.05) is 0 Å². The second-order valence-corrected chi connectivity index (χ2v) is 3.47. The molecule has 13 heavy (non-hydrogen) atoms. The third-order valence-electron chi connectivity index (χ3n) is 2.13. The van der Waals surface area contributed by atoms with Gasteiger partial charge in [-0.15, -0.1) is 0 Å². The maximum atomic E-state index is 3.82. The highest BCUT2D eigenvalue weighted by atomic mass is 14.8. The summed E-state index contributed by atoms with van der Waals surface area (Å²) in [6.07, 6.45) is 7.56. The quantitative estimate of drug-likeness (QED) is 0.508. The molecule has 0 aromatic rings. The average molecular weight is 185 g/mol. The van der Waals surface area contributed by atoms with Crippen LogP contribution in [0.25, 0.3) is 0 Å². The van der Waals surface area contributed by atoms with Gasteiger partial charge in [-0.25, -0.2) is 0 Å². The van der Waals surface area contributed by atoms with Crippen molar-refractivity contribution in [2.75, 3.05) is 26.7 Å². The Bertz CT molecular complexity index is 74.2. The van der Waals surface area contributed by atoms with Gasteiger partial charge in [-0.3, -0.25) is 0 Å². The lowest BCUT2D eigenvalue weighted by Gasteiger charge is -2.03. The molecule has 0 rings (SSSR count). The van der Waals surface area contributed by atoms with Crippen molar-refractivity contribution in [3.8, 4) is 0 Å². The van der Waals surface area contributed by atoms with Crippen molar-refractivity contribution in [3.63, 3.8) is 0 Å². The third-order valence-corrected chi connectivity index (χ3v) is 2.13. The van der Waals surface area contributed by atoms with Crippen LogP contribution in [0.4, 0.5) is 0 Å². The molecule has 0 amide bonds. The Kier molecular flexibility index (Phi) is 11.8. The molecular weight excluding hydrogens is 160 g/mol. The molecule has 0 aromatic carbocycles. The highest BCUT2D eigenvalue weighted by Crippen LogP contribution is 1.93. The summed E-state index contributed by atoms with van der Waals surface area (Å²) in [6, 6.07) is 0. The second kappa shape index (κ2) is 11.9. The Labute approximate surface area is 83.5 Å². The minimum absolute atomic E-state index is 1.07. The minimum atomic E-state index is 1.07. The van der Waals surface area contributed by atoms with Gasteiger partial charge in [-0.1, -0.05) is 26.2 Å². The summed E-state index contributed by atoms with van der Waals surface area (Å²) in [5, 5.41) is 6.61. The fourth-order valence-corrected chi connectivity index (χ4v) is 1.28. The predicted molar refractivity (Wildman–Crippen MR) is 59.9 cm³/mol. The zero-order chi connectivity index (χ0) is 9.78. The van der Waals surface area contributed by atoms with Gasteiger partial charge in [0.05, 0.1) is 0 Å². The zero-order valence-electron chi connectivity index (χ0n) is 9.07. The van der Waals surface area contributed by atoms with Gasteiger partial charge in [0.1, 0.15) is 0 Å². The van der Waals surface area contributed by atoms with E-state index < -0.39 is 0 Å². The van der Waals surface area contributed by atoms with E-state index in [1.54, 1.807) is 0 Å². The van der Waals surface area contributed by atoms with Crippen molar-refractivity contribution in [2.24, 2.45) is 0 Å². The first-order valence-corrected chi connectivity index (χ1v) is 5.56. The molecule has 2 nitrogen and oxygen atoms in total. The number of rotatable bonds is 10. The van der Waals surface area contributed by atoms with Gasteiger partial charge in [0.2, 0.25) is 0 Å². The van der Waals surface area contributed by atoms with Crippen LogP contribution in [0.1, 0.15) is 38.5 Å². The first-order chi connectivity index (χ1) is 6.41. The van der Waals surface area contributed by atoms with E-state index in [1.165, 1.54) is 45.2 Å². The molecule has 0 aliphatic rings. The van der Waals surface area contributed by atoms with E-state index in [0.717, 1.165) is 13.0 Å². The monoisotopic (exact) mass is 185 g/mol. The van der Waals surface area contributed by atoms with E-state index in [1.807, 2.05) is 7.05 Å². The standard InChI is InChI=1S/C11H25N2/c1-3-4-6-10-13-11-8-5-7-9-12-2/h12-13H,1,3-11H2,2H3. The van der Waals surface area contributed by atoms with E-state index in [4.69, 9.17) is 0 Å². The molecular formula is C11H25N2. The summed E-state index contributed by atoms with van der Waals surface area (Å²) in [4.78, 5) is 0. The largest absolute Gasteiger partial charge is 0.320 e. The Morgan fingerprint density at radius 1 is 0.846 bits per heavy atom. The van der Waals surface area contributed by atoms with Gasteiger partial charge in [-0.05, 0) is 45.9 Å². The van der Waals surface area contributed by atoms with Crippen molar-refractivity contribution >= 4 is 0 Å². The SMILES string of the molecule is [CH2]CCCCNCCCCCNC. The lowest BCUT2D eigenvalue weighted by atomic mass is 10.2. The maximum Gasteiger partial charge on any atom is -0.00489 e. The maximum absolute atomic E-state index is 3.82. The van der Waals surface area contributed by atoms with Crippen molar-refractivity contribution in [1.29, 1.82) is 0 Å². The lowest BCUT2D eigenvalue weighted by molar-refractivity contribution is 0.572. The summed E-state index contributed by atoms with van der Waals surface area (Å²) in [7, 11) is 2.01. The van der Waals surface area contributed by atoms with Crippen molar-refractivity contribution in [1.82, 2.24) is 10.6 Å². The van der Waals surface area contributed by atoms with Crippen LogP contribution >= 0.6 is 0 Å². The summed E-state index contributed by atoms with van der Waals surface area (Å²) in [5.41, 5.74) is 0. The predicted octanol–water partition coefficient (Wildman–Crippen LogP) is 1.97. The molecule has 0 bridgehead atoms. The summed E-state index contributed by atoms with van der Waals surface area (Å²) >= 11 is 0. The molecule has 0 aliphatic heterocycles. The zero-order valence-corrected chi connectivity index (χ0v) is 9.07. The molecule has 2 heteroatoms. The molecule has 0 unspecified atom stereocenters. The molecule has 2 N–H and O–H groups in total. The summed E-state index contributed by atoms with van der Waals surface area (Å²) < 4.78 is 0. The number of hydrogen-bond acceptors (Lipinski definition) is 2. The van der Waals surface area contributed by atoms with Crippen LogP contribution in [0.3, 0.4) is 0 Å². The molecule has 79 valence electrons. The average Bonchev–Trinajstić information content (AvgIpc) is 2.16. The van der Waals surface area contributed by atoms with Crippen molar-refractivity contribution in [3.05, 3.63) is 6.92 Å². The first-order valence-electron chi connectivity index (χ1n) is 5.56. The number of unbranched alkanes of at least 4 members (excludes halogenated alkanes) is 4. The van der Waals surface area contributed by atoms with E-state index in [9.17, 15) is 0 Å². The molecule has 0 spiro atoms. The van der Waals surface area contributed by atoms with Crippen LogP contribution in [0.5, 0.6) is 0 Å². The molecule has 1 radical (unpaired) electrons. The Morgan fingerprint density at radius 2 is 1.46 bits per heavy atom. The number of hydrogen-bond donors (Lipinski definition) is 2. The van der Waals surface area contributed by atoms with E-state index in [-0.39, 0.29) is 0 Å². The topological polar surface area (TPSA) is 24.1 Å². The van der Waals surface area contributed by atoms with Gasteiger partial charge in [0.15, 0.2) is 0 Å². The van der Waals surface area contributed by atoms with Crippen molar-refractivity contribution in [2.45, 2.75) is 38.5 Å². The summed E-state index contributed by atoms with van der Waals surface area (Å²) in [6.45, 7) is 7.32. The molecule has 0 saturated heterocycles. The van der Waals surface area contributed by atoms with Gasteiger partial charge in [-0.2, -0.15) is 0 Å². The molecule has 0 heterocycles. The highest BCUT2D eigenvalue weighted by molar-refractivity contribution is 4.51. The molecule has 0 saturated carbocycles. The van der Waals surface area contributed by atoms with Crippen LogP contribution in [0.15, 0.2) is 0 Å². The van der Waals surface area contributed by atoms with E-state index in [0.29, 0.717) is 0 Å². The Morgan fingerprint density at radius 3 is 2.08 bits per heavy atom. The fraction of sp³-hybridized carbons (Fsp3) is 0.909. The molecule has 0 aliphatic carbocycles. The fourth-order valence-electron chi connectivity index (χ4n) is 1.28. The molecule has 0 atom stereocenters. The third kappa shape index (κ3) is 11.9. The van der Waals surface area contributed by atoms with Gasteiger partial charge in [0.25, 0.3) is 0 Å². The highest BCUT2D eigenvalue weighted by Gasteiger charge is 1.89. The van der Waals surface area contributed by atoms with E-state index in [2.05, 4.69) is 17.6 Å². The number of nitrogens with one attached hydrogen (secondary N) is 2. The van der Waals surface area contributed by atoms with Crippen LogP contribution in [0, 0.1) is 6.92 Å². The minimum Gasteiger partial charge on any atom is -0.320 e. The Balaban J connectivity index is 2.76. The van der Waals surface area contributed by atoms with Crippen LogP contribution in [-0.2, 0) is 0 Å². The molecule has 0 fully saturated rings.